The standard InChI is InChI=1S/C22H28F2N2O3/c1-29-21(17-7-11-20(24)12-8-17)14-18(22(27)26-28)4-2-3-13-25-15-16-5-9-19(23)10-6-16/h5-12,18,21,25,28H,2-4,13-15H2,1H3,(H,26,27). The normalized spacial score (nSPS) is 13.1. The van der Waals surface area contributed by atoms with Crippen molar-refractivity contribution in [3.05, 3.63) is 71.3 Å². The van der Waals surface area contributed by atoms with Crippen LogP contribution in [-0.4, -0.2) is 24.8 Å². The average molecular weight is 406 g/mol. The first-order valence-electron chi connectivity index (χ1n) is 9.71. The highest BCUT2D eigenvalue weighted by molar-refractivity contribution is 5.77. The number of carbonyl (C=O) groups excluding carboxylic acids is 1. The van der Waals surface area contributed by atoms with Crippen molar-refractivity contribution in [2.24, 2.45) is 5.92 Å². The van der Waals surface area contributed by atoms with Crippen LogP contribution in [-0.2, 0) is 16.1 Å². The molecule has 0 aliphatic carbocycles. The molecule has 1 amide bonds. The van der Waals surface area contributed by atoms with Gasteiger partial charge in [0.25, 0.3) is 0 Å². The van der Waals surface area contributed by atoms with Crippen LogP contribution in [0, 0.1) is 17.6 Å². The summed E-state index contributed by atoms with van der Waals surface area (Å²) in [5, 5.41) is 12.3. The lowest BCUT2D eigenvalue weighted by Crippen LogP contribution is -2.29. The molecule has 3 N–H and O–H groups in total. The van der Waals surface area contributed by atoms with Crippen molar-refractivity contribution in [2.75, 3.05) is 13.7 Å². The number of ether oxygens (including phenoxy) is 1. The smallest absolute Gasteiger partial charge is 0.246 e. The van der Waals surface area contributed by atoms with Crippen LogP contribution in [0.15, 0.2) is 48.5 Å². The van der Waals surface area contributed by atoms with Gasteiger partial charge < -0.3 is 10.1 Å². The van der Waals surface area contributed by atoms with Gasteiger partial charge in [-0.05, 0) is 61.2 Å². The summed E-state index contributed by atoms with van der Waals surface area (Å²) in [4.78, 5) is 12.1. The van der Waals surface area contributed by atoms with Crippen LogP contribution in [0.1, 0.15) is 42.9 Å². The third kappa shape index (κ3) is 7.89. The molecule has 0 aliphatic rings. The number of rotatable bonds is 12. The second kappa shape index (κ2) is 12.3. The quantitative estimate of drug-likeness (QED) is 0.282. The van der Waals surface area contributed by atoms with Gasteiger partial charge in [-0.1, -0.05) is 30.7 Å². The van der Waals surface area contributed by atoms with Crippen LogP contribution in [0.5, 0.6) is 0 Å². The van der Waals surface area contributed by atoms with Gasteiger partial charge >= 0.3 is 0 Å². The predicted octanol–water partition coefficient (Wildman–Crippen LogP) is 4.12. The van der Waals surface area contributed by atoms with E-state index in [4.69, 9.17) is 9.94 Å². The van der Waals surface area contributed by atoms with Gasteiger partial charge in [0.05, 0.1) is 6.10 Å². The third-order valence-electron chi connectivity index (χ3n) is 4.90. The number of nitrogens with one attached hydrogen (secondary N) is 2. The average Bonchev–Trinajstić information content (AvgIpc) is 2.74. The molecule has 2 aromatic carbocycles. The largest absolute Gasteiger partial charge is 0.377 e. The molecular weight excluding hydrogens is 378 g/mol. The zero-order valence-corrected chi connectivity index (χ0v) is 16.5. The number of amides is 1. The molecule has 29 heavy (non-hydrogen) atoms. The maximum Gasteiger partial charge on any atom is 0.246 e. The van der Waals surface area contributed by atoms with Crippen LogP contribution in [0.3, 0.4) is 0 Å². The number of hydroxylamine groups is 1. The second-order valence-corrected chi connectivity index (χ2v) is 6.98. The van der Waals surface area contributed by atoms with E-state index in [0.29, 0.717) is 19.4 Å². The molecule has 0 fully saturated rings. The highest BCUT2D eigenvalue weighted by Gasteiger charge is 2.23. The van der Waals surface area contributed by atoms with Gasteiger partial charge in [-0.25, -0.2) is 14.3 Å². The molecule has 2 aromatic rings. The number of hydrogen-bond donors (Lipinski definition) is 3. The molecule has 0 radical (unpaired) electrons. The second-order valence-electron chi connectivity index (χ2n) is 6.98. The van der Waals surface area contributed by atoms with Crippen LogP contribution < -0.4 is 10.8 Å². The third-order valence-corrected chi connectivity index (χ3v) is 4.90. The molecule has 0 saturated heterocycles. The van der Waals surface area contributed by atoms with Crippen LogP contribution in [0.2, 0.25) is 0 Å². The van der Waals surface area contributed by atoms with Gasteiger partial charge in [0, 0.05) is 19.6 Å². The molecule has 2 atom stereocenters. The molecule has 5 nitrogen and oxygen atoms in total. The van der Waals surface area contributed by atoms with E-state index in [1.807, 2.05) is 0 Å². The van der Waals surface area contributed by atoms with Gasteiger partial charge in [0.15, 0.2) is 0 Å². The highest BCUT2D eigenvalue weighted by atomic mass is 19.1. The van der Waals surface area contributed by atoms with E-state index in [-0.39, 0.29) is 17.7 Å². The summed E-state index contributed by atoms with van der Waals surface area (Å²) in [6.45, 7) is 1.41. The Morgan fingerprint density at radius 2 is 1.66 bits per heavy atom. The molecule has 0 spiro atoms. The fraction of sp³-hybridized carbons (Fsp3) is 0.409. The van der Waals surface area contributed by atoms with Gasteiger partial charge in [-0.2, -0.15) is 0 Å². The molecule has 0 saturated carbocycles. The lowest BCUT2D eigenvalue weighted by Gasteiger charge is -2.22. The predicted molar refractivity (Wildman–Crippen MR) is 106 cm³/mol. The zero-order chi connectivity index (χ0) is 21.1. The maximum atomic E-state index is 13.1. The Balaban J connectivity index is 1.78. The number of halogens is 2. The van der Waals surface area contributed by atoms with Crippen LogP contribution in [0.25, 0.3) is 0 Å². The number of unbranched alkanes of at least 4 members (excludes halogenated alkanes) is 1. The Morgan fingerprint density at radius 3 is 2.24 bits per heavy atom. The maximum absolute atomic E-state index is 13.1. The lowest BCUT2D eigenvalue weighted by molar-refractivity contribution is -0.135. The topological polar surface area (TPSA) is 70.6 Å². The summed E-state index contributed by atoms with van der Waals surface area (Å²) in [6.07, 6.45) is 2.25. The van der Waals surface area contributed by atoms with E-state index in [1.165, 1.54) is 24.3 Å². The van der Waals surface area contributed by atoms with Crippen LogP contribution >= 0.6 is 0 Å². The van der Waals surface area contributed by atoms with Gasteiger partial charge in [-0.3, -0.25) is 10.0 Å². The molecule has 0 bridgehead atoms. The number of methoxy groups -OCH3 is 1. The minimum absolute atomic E-state index is 0.253. The lowest BCUT2D eigenvalue weighted by atomic mass is 9.91. The van der Waals surface area contributed by atoms with Gasteiger partial charge in [0.1, 0.15) is 11.6 Å². The van der Waals surface area contributed by atoms with Crippen molar-refractivity contribution < 1.29 is 23.5 Å². The molecule has 7 heteroatoms. The Morgan fingerprint density at radius 1 is 1.03 bits per heavy atom. The van der Waals surface area contributed by atoms with Gasteiger partial charge in [0.2, 0.25) is 5.91 Å². The Kier molecular flexibility index (Phi) is 9.70. The van der Waals surface area contributed by atoms with Crippen molar-refractivity contribution in [1.29, 1.82) is 0 Å². The molecule has 0 aliphatic heterocycles. The number of hydrogen-bond acceptors (Lipinski definition) is 4. The van der Waals surface area contributed by atoms with E-state index in [1.54, 1.807) is 36.9 Å². The molecular formula is C22H28F2N2O3. The monoisotopic (exact) mass is 406 g/mol. The van der Waals surface area contributed by atoms with Crippen molar-refractivity contribution in [3.63, 3.8) is 0 Å². The SMILES string of the molecule is COC(CC(CCCCNCc1ccc(F)cc1)C(=O)NO)c1ccc(F)cc1. The van der Waals surface area contributed by atoms with Gasteiger partial charge in [-0.15, -0.1) is 0 Å². The van der Waals surface area contributed by atoms with Crippen molar-refractivity contribution >= 4 is 5.91 Å². The van der Waals surface area contributed by atoms with E-state index in [9.17, 15) is 13.6 Å². The first-order valence-corrected chi connectivity index (χ1v) is 9.71. The molecule has 0 heterocycles. The van der Waals surface area contributed by atoms with E-state index in [0.717, 1.165) is 30.5 Å². The fourth-order valence-electron chi connectivity index (χ4n) is 3.23. The number of carbonyl (C=O) groups is 1. The van der Waals surface area contributed by atoms with E-state index in [2.05, 4.69) is 5.32 Å². The van der Waals surface area contributed by atoms with Crippen molar-refractivity contribution in [1.82, 2.24) is 10.8 Å². The first-order chi connectivity index (χ1) is 14.0. The molecule has 0 aromatic heterocycles. The summed E-state index contributed by atoms with van der Waals surface area (Å²) < 4.78 is 31.5. The first kappa shape index (κ1) is 22.9. The Hall–Kier alpha value is -2.35. The number of benzene rings is 2. The molecule has 2 rings (SSSR count). The fourth-order valence-corrected chi connectivity index (χ4v) is 3.23. The van der Waals surface area contributed by atoms with Crippen LogP contribution in [0.4, 0.5) is 8.78 Å². The summed E-state index contributed by atoms with van der Waals surface area (Å²) in [7, 11) is 1.54. The Bertz CT molecular complexity index is 739. The highest BCUT2D eigenvalue weighted by Crippen LogP contribution is 2.27. The minimum Gasteiger partial charge on any atom is -0.377 e. The summed E-state index contributed by atoms with van der Waals surface area (Å²) in [5.74, 6) is -1.46. The summed E-state index contributed by atoms with van der Waals surface area (Å²) >= 11 is 0. The minimum atomic E-state index is -0.451. The molecule has 2 unspecified atom stereocenters. The van der Waals surface area contributed by atoms with E-state index >= 15 is 0 Å². The van der Waals surface area contributed by atoms with E-state index < -0.39 is 11.8 Å². The summed E-state index contributed by atoms with van der Waals surface area (Å²) in [6, 6.07) is 12.3. The van der Waals surface area contributed by atoms with Crippen molar-refractivity contribution in [3.8, 4) is 0 Å². The Labute approximate surface area is 170 Å². The summed E-state index contributed by atoms with van der Waals surface area (Å²) in [5.41, 5.74) is 3.52. The zero-order valence-electron chi connectivity index (χ0n) is 16.5. The molecule has 158 valence electrons. The van der Waals surface area contributed by atoms with Crippen molar-refractivity contribution in [2.45, 2.75) is 38.3 Å².